The van der Waals surface area contributed by atoms with E-state index >= 15 is 0 Å². The molecule has 0 heterocycles. The van der Waals surface area contributed by atoms with E-state index in [9.17, 15) is 5.11 Å². The maximum atomic E-state index is 10.4. The fourth-order valence-corrected chi connectivity index (χ4v) is 2.02. The molecule has 1 aromatic rings. The Kier molecular flexibility index (Phi) is 4.34. The Bertz CT molecular complexity index is 306. The minimum absolute atomic E-state index is 0.513. The van der Waals surface area contributed by atoms with Gasteiger partial charge in [-0.1, -0.05) is 44.5 Å². The highest BCUT2D eigenvalue weighted by atomic mass is 16.3. The van der Waals surface area contributed by atoms with Crippen LogP contribution in [0.2, 0.25) is 0 Å². The summed E-state index contributed by atoms with van der Waals surface area (Å²) in [6, 6.07) is 8.32. The molecule has 0 aliphatic heterocycles. The van der Waals surface area contributed by atoms with Crippen molar-refractivity contribution < 1.29 is 5.11 Å². The van der Waals surface area contributed by atoms with Crippen molar-refractivity contribution in [2.45, 2.75) is 52.1 Å². The van der Waals surface area contributed by atoms with E-state index in [1.54, 1.807) is 0 Å². The quantitative estimate of drug-likeness (QED) is 0.782. The van der Waals surface area contributed by atoms with Crippen LogP contribution in [0.25, 0.3) is 0 Å². The van der Waals surface area contributed by atoms with Gasteiger partial charge in [-0.05, 0) is 30.9 Å². The van der Waals surface area contributed by atoms with Crippen molar-refractivity contribution >= 4 is 0 Å². The van der Waals surface area contributed by atoms with E-state index in [2.05, 4.69) is 32.9 Å². The molecule has 84 valence electrons. The minimum Gasteiger partial charge on any atom is -0.390 e. The average molecular weight is 206 g/mol. The third-order valence-corrected chi connectivity index (χ3v) is 3.15. The molecule has 1 unspecified atom stereocenters. The SMILES string of the molecule is CCCC(O)(CC)Cc1ccccc1C. The summed E-state index contributed by atoms with van der Waals surface area (Å²) in [5.74, 6) is 0. The van der Waals surface area contributed by atoms with Crippen LogP contribution < -0.4 is 0 Å². The first kappa shape index (κ1) is 12.3. The second kappa shape index (κ2) is 5.32. The molecular weight excluding hydrogens is 184 g/mol. The van der Waals surface area contributed by atoms with Crippen molar-refractivity contribution in [1.82, 2.24) is 0 Å². The first-order valence-corrected chi connectivity index (χ1v) is 5.88. The first-order chi connectivity index (χ1) is 7.11. The average Bonchev–Trinajstić information content (AvgIpc) is 2.22. The third-order valence-electron chi connectivity index (χ3n) is 3.15. The zero-order valence-corrected chi connectivity index (χ0v) is 10.1. The molecule has 15 heavy (non-hydrogen) atoms. The van der Waals surface area contributed by atoms with E-state index in [0.717, 1.165) is 25.7 Å². The standard InChI is InChI=1S/C14H22O/c1-4-10-14(15,5-2)11-13-9-7-6-8-12(13)3/h6-9,15H,4-5,10-11H2,1-3H3. The van der Waals surface area contributed by atoms with Crippen LogP contribution in [0.5, 0.6) is 0 Å². The summed E-state index contributed by atoms with van der Waals surface area (Å²) in [4.78, 5) is 0. The highest BCUT2D eigenvalue weighted by Crippen LogP contribution is 2.24. The lowest BCUT2D eigenvalue weighted by Gasteiger charge is -2.27. The van der Waals surface area contributed by atoms with Crippen molar-refractivity contribution in [2.24, 2.45) is 0 Å². The molecule has 1 nitrogen and oxygen atoms in total. The molecular formula is C14H22O. The van der Waals surface area contributed by atoms with Crippen LogP contribution in [0, 0.1) is 6.92 Å². The summed E-state index contributed by atoms with van der Waals surface area (Å²) >= 11 is 0. The van der Waals surface area contributed by atoms with E-state index in [4.69, 9.17) is 0 Å². The van der Waals surface area contributed by atoms with Crippen LogP contribution >= 0.6 is 0 Å². The number of hydrogen-bond acceptors (Lipinski definition) is 1. The molecule has 0 amide bonds. The van der Waals surface area contributed by atoms with E-state index in [1.807, 2.05) is 12.1 Å². The van der Waals surface area contributed by atoms with Gasteiger partial charge in [-0.3, -0.25) is 0 Å². The number of aliphatic hydroxyl groups is 1. The van der Waals surface area contributed by atoms with Crippen LogP contribution in [0.15, 0.2) is 24.3 Å². The first-order valence-electron chi connectivity index (χ1n) is 5.88. The monoisotopic (exact) mass is 206 g/mol. The highest BCUT2D eigenvalue weighted by molar-refractivity contribution is 5.27. The van der Waals surface area contributed by atoms with Crippen molar-refractivity contribution in [2.75, 3.05) is 0 Å². The van der Waals surface area contributed by atoms with Crippen LogP contribution in [0.4, 0.5) is 0 Å². The minimum atomic E-state index is -0.513. The molecule has 0 fully saturated rings. The number of rotatable bonds is 5. The van der Waals surface area contributed by atoms with Gasteiger partial charge in [0.15, 0.2) is 0 Å². The zero-order chi connectivity index (χ0) is 11.3. The molecule has 1 N–H and O–H groups in total. The molecule has 0 aromatic heterocycles. The molecule has 1 heteroatoms. The van der Waals surface area contributed by atoms with Gasteiger partial charge in [-0.15, -0.1) is 0 Å². The fourth-order valence-electron chi connectivity index (χ4n) is 2.02. The number of benzene rings is 1. The molecule has 0 spiro atoms. The number of aryl methyl sites for hydroxylation is 1. The second-order valence-corrected chi connectivity index (χ2v) is 4.43. The Labute approximate surface area is 93.1 Å². The van der Waals surface area contributed by atoms with Crippen molar-refractivity contribution in [3.8, 4) is 0 Å². The lowest BCUT2D eigenvalue weighted by atomic mass is 9.86. The van der Waals surface area contributed by atoms with Gasteiger partial charge in [-0.25, -0.2) is 0 Å². The summed E-state index contributed by atoms with van der Waals surface area (Å²) in [5, 5.41) is 10.4. The summed E-state index contributed by atoms with van der Waals surface area (Å²) in [6.45, 7) is 6.30. The maximum Gasteiger partial charge on any atom is 0.0685 e. The molecule has 1 aromatic carbocycles. The van der Waals surface area contributed by atoms with E-state index in [1.165, 1.54) is 11.1 Å². The van der Waals surface area contributed by atoms with Crippen LogP contribution in [0.1, 0.15) is 44.2 Å². The van der Waals surface area contributed by atoms with Gasteiger partial charge in [0.25, 0.3) is 0 Å². The lowest BCUT2D eigenvalue weighted by molar-refractivity contribution is 0.0269. The maximum absolute atomic E-state index is 10.4. The Morgan fingerprint density at radius 3 is 2.40 bits per heavy atom. The Morgan fingerprint density at radius 1 is 1.20 bits per heavy atom. The molecule has 1 rings (SSSR count). The smallest absolute Gasteiger partial charge is 0.0685 e. The van der Waals surface area contributed by atoms with Crippen molar-refractivity contribution in [3.63, 3.8) is 0 Å². The number of hydrogen-bond donors (Lipinski definition) is 1. The zero-order valence-electron chi connectivity index (χ0n) is 10.1. The van der Waals surface area contributed by atoms with Gasteiger partial charge >= 0.3 is 0 Å². The van der Waals surface area contributed by atoms with Gasteiger partial charge in [0.1, 0.15) is 0 Å². The normalized spacial score (nSPS) is 14.9. The van der Waals surface area contributed by atoms with Crippen molar-refractivity contribution in [3.05, 3.63) is 35.4 Å². The fraction of sp³-hybridized carbons (Fsp3) is 0.571. The molecule has 0 saturated carbocycles. The molecule has 0 aliphatic carbocycles. The topological polar surface area (TPSA) is 20.2 Å². The summed E-state index contributed by atoms with van der Waals surface area (Å²) in [6.07, 6.45) is 3.53. The summed E-state index contributed by atoms with van der Waals surface area (Å²) < 4.78 is 0. The highest BCUT2D eigenvalue weighted by Gasteiger charge is 2.24. The predicted molar refractivity (Wildman–Crippen MR) is 65.0 cm³/mol. The molecule has 0 bridgehead atoms. The van der Waals surface area contributed by atoms with Crippen molar-refractivity contribution in [1.29, 1.82) is 0 Å². The van der Waals surface area contributed by atoms with Gasteiger partial charge in [0.2, 0.25) is 0 Å². The van der Waals surface area contributed by atoms with Gasteiger partial charge in [-0.2, -0.15) is 0 Å². The van der Waals surface area contributed by atoms with Gasteiger partial charge in [0.05, 0.1) is 5.60 Å². The van der Waals surface area contributed by atoms with E-state index in [-0.39, 0.29) is 0 Å². The molecule has 1 atom stereocenters. The third kappa shape index (κ3) is 3.35. The summed E-state index contributed by atoms with van der Waals surface area (Å²) in [7, 11) is 0. The van der Waals surface area contributed by atoms with Crippen LogP contribution in [-0.4, -0.2) is 10.7 Å². The van der Waals surface area contributed by atoms with Gasteiger partial charge < -0.3 is 5.11 Å². The summed E-state index contributed by atoms with van der Waals surface area (Å²) in [5.41, 5.74) is 2.04. The van der Waals surface area contributed by atoms with Gasteiger partial charge in [0, 0.05) is 6.42 Å². The van der Waals surface area contributed by atoms with E-state index in [0.29, 0.717) is 0 Å². The van der Waals surface area contributed by atoms with Crippen LogP contribution in [-0.2, 0) is 6.42 Å². The van der Waals surface area contributed by atoms with Crippen LogP contribution in [0.3, 0.4) is 0 Å². The molecule has 0 radical (unpaired) electrons. The Morgan fingerprint density at radius 2 is 1.87 bits per heavy atom. The molecule has 0 aliphatic rings. The molecule has 0 saturated heterocycles. The largest absolute Gasteiger partial charge is 0.390 e. The lowest BCUT2D eigenvalue weighted by Crippen LogP contribution is -2.30. The predicted octanol–water partition coefficient (Wildman–Crippen LogP) is 3.48. The Hall–Kier alpha value is -0.820. The Balaban J connectivity index is 2.79. The van der Waals surface area contributed by atoms with E-state index < -0.39 is 5.60 Å². The second-order valence-electron chi connectivity index (χ2n) is 4.43.